The third-order valence-electron chi connectivity index (χ3n) is 5.99. The molecule has 4 rings (SSSR count). The highest BCUT2D eigenvalue weighted by Gasteiger charge is 2.19. The van der Waals surface area contributed by atoms with Crippen LogP contribution >= 0.6 is 11.6 Å². The van der Waals surface area contributed by atoms with Gasteiger partial charge in [-0.25, -0.2) is 13.8 Å². The highest BCUT2D eigenvalue weighted by molar-refractivity contribution is 7.92. The van der Waals surface area contributed by atoms with Gasteiger partial charge in [0.2, 0.25) is 10.0 Å². The Balaban J connectivity index is 1.43. The Labute approximate surface area is 238 Å². The van der Waals surface area contributed by atoms with Crippen LogP contribution in [0.4, 0.5) is 11.4 Å². The van der Waals surface area contributed by atoms with Crippen molar-refractivity contribution in [3.05, 3.63) is 130 Å². The highest BCUT2D eigenvalue weighted by Crippen LogP contribution is 2.24. The summed E-state index contributed by atoms with van der Waals surface area (Å²) in [5.74, 6) is -0.693. The first-order valence-electron chi connectivity index (χ1n) is 12.2. The van der Waals surface area contributed by atoms with Gasteiger partial charge in [0.25, 0.3) is 11.8 Å². The molecule has 0 radical (unpaired) electrons. The molecule has 4 aromatic carbocycles. The molecule has 0 bridgehead atoms. The summed E-state index contributed by atoms with van der Waals surface area (Å²) in [6, 6.07) is 29.2. The van der Waals surface area contributed by atoms with E-state index in [-0.39, 0.29) is 12.5 Å². The summed E-state index contributed by atoms with van der Waals surface area (Å²) < 4.78 is 26.2. The minimum absolute atomic E-state index is 0.0540. The van der Waals surface area contributed by atoms with Gasteiger partial charge in [0, 0.05) is 21.8 Å². The van der Waals surface area contributed by atoms with Crippen molar-refractivity contribution >= 4 is 50.5 Å². The summed E-state index contributed by atoms with van der Waals surface area (Å²) in [6.07, 6.45) is 1.12. The van der Waals surface area contributed by atoms with Crippen LogP contribution in [0.15, 0.2) is 108 Å². The number of halogens is 1. The summed E-state index contributed by atoms with van der Waals surface area (Å²) in [5.41, 5.74) is 6.26. The second-order valence-electron chi connectivity index (χ2n) is 8.95. The summed E-state index contributed by atoms with van der Waals surface area (Å²) in [4.78, 5) is 25.2. The van der Waals surface area contributed by atoms with Gasteiger partial charge in [-0.3, -0.25) is 13.9 Å². The van der Waals surface area contributed by atoms with E-state index in [0.717, 1.165) is 6.26 Å². The molecule has 0 saturated heterocycles. The Morgan fingerprint density at radius 1 is 0.800 bits per heavy atom. The van der Waals surface area contributed by atoms with Crippen molar-refractivity contribution in [2.75, 3.05) is 15.9 Å². The molecule has 2 N–H and O–H groups in total. The molecule has 4 aromatic rings. The normalized spacial score (nSPS) is 11.5. The molecule has 10 heteroatoms. The molecule has 0 aromatic heterocycles. The molecule has 0 aliphatic heterocycles. The van der Waals surface area contributed by atoms with Crippen LogP contribution in [0.5, 0.6) is 0 Å². The van der Waals surface area contributed by atoms with Crippen LogP contribution in [-0.2, 0) is 16.6 Å². The molecule has 8 nitrogen and oxygen atoms in total. The lowest BCUT2D eigenvalue weighted by Crippen LogP contribution is -2.29. The quantitative estimate of drug-likeness (QED) is 0.197. The number of hydrogen-bond donors (Lipinski definition) is 2. The Hall–Kier alpha value is -4.47. The predicted octanol–water partition coefficient (Wildman–Crippen LogP) is 5.71. The van der Waals surface area contributed by atoms with Crippen LogP contribution < -0.4 is 15.0 Å². The van der Waals surface area contributed by atoms with Gasteiger partial charge in [-0.2, -0.15) is 5.10 Å². The maximum atomic E-state index is 12.7. The molecule has 0 fully saturated rings. The number of benzene rings is 4. The number of carbonyl (C=O) groups excluding carboxylic acids is 2. The lowest BCUT2D eigenvalue weighted by Gasteiger charge is -2.23. The van der Waals surface area contributed by atoms with Crippen molar-refractivity contribution in [2.45, 2.75) is 13.5 Å². The van der Waals surface area contributed by atoms with E-state index in [1.54, 1.807) is 85.8 Å². The van der Waals surface area contributed by atoms with Crippen LogP contribution in [0, 0.1) is 0 Å². The van der Waals surface area contributed by atoms with E-state index in [4.69, 9.17) is 11.6 Å². The number of anilines is 2. The third kappa shape index (κ3) is 7.34. The maximum Gasteiger partial charge on any atom is 0.271 e. The Bertz CT molecular complexity index is 1660. The van der Waals surface area contributed by atoms with E-state index < -0.39 is 15.9 Å². The number of rotatable bonds is 9. The summed E-state index contributed by atoms with van der Waals surface area (Å²) in [7, 11) is -3.62. The topological polar surface area (TPSA) is 108 Å². The fourth-order valence-corrected chi connectivity index (χ4v) is 4.91. The van der Waals surface area contributed by atoms with Crippen LogP contribution in [0.3, 0.4) is 0 Å². The number of hydrazone groups is 1. The van der Waals surface area contributed by atoms with Crippen molar-refractivity contribution in [2.24, 2.45) is 5.10 Å². The van der Waals surface area contributed by atoms with Crippen molar-refractivity contribution in [3.63, 3.8) is 0 Å². The molecule has 0 saturated carbocycles. The van der Waals surface area contributed by atoms with Crippen molar-refractivity contribution in [3.8, 4) is 0 Å². The standard InChI is InChI=1S/C30H27ClN4O4S/c1-21(24-12-8-13-26(19-24)32-29(36)22-9-4-3-5-10-22)33-34-30(37)23-15-17-27(18-16-23)35(40(2,38)39)20-25-11-6-7-14-28(25)31/h3-19H,20H2,1-2H3,(H,32,36)(H,34,37)/b33-21-. The molecule has 0 aliphatic carbocycles. The van der Waals surface area contributed by atoms with E-state index in [2.05, 4.69) is 15.8 Å². The molecule has 2 amide bonds. The Morgan fingerprint density at radius 3 is 2.10 bits per heavy atom. The SMILES string of the molecule is C/C(=N/NC(=O)c1ccc(N(Cc2ccccc2Cl)S(C)(=O)=O)cc1)c1cccc(NC(=O)c2ccccc2)c1. The second kappa shape index (κ2) is 12.6. The molecular weight excluding hydrogens is 548 g/mol. The number of amides is 2. The molecule has 0 atom stereocenters. The number of sulfonamides is 1. The summed E-state index contributed by atoms with van der Waals surface area (Å²) in [5, 5.41) is 7.51. The van der Waals surface area contributed by atoms with Crippen molar-refractivity contribution in [1.82, 2.24) is 5.43 Å². The molecule has 0 spiro atoms. The first-order valence-corrected chi connectivity index (χ1v) is 14.5. The van der Waals surface area contributed by atoms with E-state index in [1.807, 2.05) is 12.1 Å². The predicted molar refractivity (Wildman–Crippen MR) is 159 cm³/mol. The minimum atomic E-state index is -3.62. The Kier molecular flexibility index (Phi) is 8.98. The molecule has 0 aliphatic rings. The van der Waals surface area contributed by atoms with Crippen LogP contribution in [0.2, 0.25) is 5.02 Å². The second-order valence-corrected chi connectivity index (χ2v) is 11.3. The van der Waals surface area contributed by atoms with Gasteiger partial charge in [-0.15, -0.1) is 0 Å². The van der Waals surface area contributed by atoms with Gasteiger partial charge >= 0.3 is 0 Å². The zero-order valence-electron chi connectivity index (χ0n) is 21.8. The fraction of sp³-hybridized carbons (Fsp3) is 0.100. The van der Waals surface area contributed by atoms with Crippen LogP contribution in [0.25, 0.3) is 0 Å². The van der Waals surface area contributed by atoms with Gasteiger partial charge in [0.1, 0.15) is 0 Å². The number of nitrogens with one attached hydrogen (secondary N) is 2. The van der Waals surface area contributed by atoms with E-state index in [1.165, 1.54) is 16.4 Å². The molecule has 204 valence electrons. The number of carbonyl (C=O) groups is 2. The van der Waals surface area contributed by atoms with Crippen molar-refractivity contribution in [1.29, 1.82) is 0 Å². The molecule has 0 unspecified atom stereocenters. The van der Waals surface area contributed by atoms with Gasteiger partial charge in [-0.1, -0.05) is 60.1 Å². The van der Waals surface area contributed by atoms with Gasteiger partial charge in [0.05, 0.1) is 24.2 Å². The van der Waals surface area contributed by atoms with E-state index in [0.29, 0.717) is 44.4 Å². The average molecular weight is 575 g/mol. The zero-order valence-corrected chi connectivity index (χ0v) is 23.4. The number of hydrogen-bond acceptors (Lipinski definition) is 5. The van der Waals surface area contributed by atoms with Crippen LogP contribution in [0.1, 0.15) is 38.8 Å². The fourth-order valence-electron chi connectivity index (χ4n) is 3.84. The summed E-state index contributed by atoms with van der Waals surface area (Å²) >= 11 is 6.23. The van der Waals surface area contributed by atoms with Gasteiger partial charge < -0.3 is 5.32 Å². The summed E-state index contributed by atoms with van der Waals surface area (Å²) in [6.45, 7) is 1.79. The molecule has 0 heterocycles. The van der Waals surface area contributed by atoms with Crippen molar-refractivity contribution < 1.29 is 18.0 Å². The molecular formula is C30H27ClN4O4S. The zero-order chi connectivity index (χ0) is 28.7. The van der Waals surface area contributed by atoms with E-state index in [9.17, 15) is 18.0 Å². The first kappa shape index (κ1) is 28.5. The smallest absolute Gasteiger partial charge is 0.271 e. The van der Waals surface area contributed by atoms with Gasteiger partial charge in [-0.05, 0) is 72.6 Å². The first-order chi connectivity index (χ1) is 19.1. The average Bonchev–Trinajstić information content (AvgIpc) is 2.95. The number of nitrogens with zero attached hydrogens (tertiary/aromatic N) is 2. The molecule has 40 heavy (non-hydrogen) atoms. The minimum Gasteiger partial charge on any atom is -0.322 e. The lowest BCUT2D eigenvalue weighted by atomic mass is 10.1. The maximum absolute atomic E-state index is 12.7. The third-order valence-corrected chi connectivity index (χ3v) is 7.50. The highest BCUT2D eigenvalue weighted by atomic mass is 35.5. The lowest BCUT2D eigenvalue weighted by molar-refractivity contribution is 0.0954. The monoisotopic (exact) mass is 574 g/mol. The largest absolute Gasteiger partial charge is 0.322 e. The Morgan fingerprint density at radius 2 is 1.43 bits per heavy atom. The van der Waals surface area contributed by atoms with Gasteiger partial charge in [0.15, 0.2) is 0 Å². The van der Waals surface area contributed by atoms with E-state index >= 15 is 0 Å². The van der Waals surface area contributed by atoms with Crippen LogP contribution in [-0.4, -0.2) is 32.2 Å².